The van der Waals surface area contributed by atoms with Crippen LogP contribution in [0.3, 0.4) is 0 Å². The fraction of sp³-hybridized carbons (Fsp3) is 0.100. The average molecular weight is 314 g/mol. The molecule has 0 radical (unpaired) electrons. The Morgan fingerprint density at radius 3 is 2.50 bits per heavy atom. The van der Waals surface area contributed by atoms with Gasteiger partial charge in [0.05, 0.1) is 9.82 Å². The topological polar surface area (TPSA) is 128 Å². The van der Waals surface area contributed by atoms with Crippen LogP contribution in [-0.4, -0.2) is 18.3 Å². The fourth-order valence-electron chi connectivity index (χ4n) is 1.41. The smallest absolute Gasteiger partial charge is 0.345 e. The van der Waals surface area contributed by atoms with Gasteiger partial charge in [-0.15, -0.1) is 0 Å². The zero-order valence-corrected chi connectivity index (χ0v) is 11.6. The first kappa shape index (κ1) is 14.4. The van der Waals surface area contributed by atoms with Gasteiger partial charge in [0.15, 0.2) is 5.13 Å². The highest BCUT2D eigenvalue weighted by Crippen LogP contribution is 2.25. The van der Waals surface area contributed by atoms with Crippen molar-refractivity contribution in [2.24, 2.45) is 5.14 Å². The minimum absolute atomic E-state index is 0.0335. The summed E-state index contributed by atoms with van der Waals surface area (Å²) in [5.74, 6) is 0. The largest absolute Gasteiger partial charge is 0.357 e. The number of nitrogens with zero attached hydrogens (tertiary/aromatic N) is 2. The second-order valence-corrected chi connectivity index (χ2v) is 6.37. The Labute approximate surface area is 118 Å². The van der Waals surface area contributed by atoms with E-state index in [0.29, 0.717) is 11.7 Å². The van der Waals surface area contributed by atoms with Gasteiger partial charge >= 0.3 is 5.00 Å². The van der Waals surface area contributed by atoms with E-state index in [0.717, 1.165) is 16.9 Å². The third-order valence-electron chi connectivity index (χ3n) is 2.37. The number of anilines is 1. The van der Waals surface area contributed by atoms with Crippen molar-refractivity contribution in [2.75, 3.05) is 5.32 Å². The van der Waals surface area contributed by atoms with Gasteiger partial charge in [0.1, 0.15) is 6.20 Å². The summed E-state index contributed by atoms with van der Waals surface area (Å²) in [6.07, 6.45) is 1.18. The van der Waals surface area contributed by atoms with Crippen molar-refractivity contribution in [3.63, 3.8) is 0 Å². The van der Waals surface area contributed by atoms with Crippen LogP contribution in [0.15, 0.2) is 35.4 Å². The molecule has 1 aromatic heterocycles. The molecule has 0 fully saturated rings. The SMILES string of the molecule is NS(=O)(=O)c1ccc(CNc2ncc([N+](=O)[O-])s2)cc1. The van der Waals surface area contributed by atoms with Crippen LogP contribution in [-0.2, 0) is 16.6 Å². The Balaban J connectivity index is 2.02. The maximum atomic E-state index is 11.1. The van der Waals surface area contributed by atoms with Gasteiger partial charge in [-0.25, -0.2) is 18.5 Å². The van der Waals surface area contributed by atoms with Crippen LogP contribution in [0.2, 0.25) is 0 Å². The van der Waals surface area contributed by atoms with Crippen LogP contribution in [0.4, 0.5) is 10.1 Å². The highest BCUT2D eigenvalue weighted by molar-refractivity contribution is 7.89. The molecule has 0 amide bonds. The van der Waals surface area contributed by atoms with Gasteiger partial charge in [0.2, 0.25) is 10.0 Å². The molecule has 0 unspecified atom stereocenters. The maximum Gasteiger partial charge on any atom is 0.345 e. The lowest BCUT2D eigenvalue weighted by atomic mass is 10.2. The Kier molecular flexibility index (Phi) is 3.97. The molecule has 0 spiro atoms. The molecule has 0 atom stereocenters. The molecule has 0 bridgehead atoms. The number of aromatic nitrogens is 1. The second-order valence-electron chi connectivity index (χ2n) is 3.80. The number of thiazole rings is 1. The molecule has 1 aromatic carbocycles. The van der Waals surface area contributed by atoms with Gasteiger partial charge in [-0.1, -0.05) is 12.1 Å². The van der Waals surface area contributed by atoms with E-state index in [2.05, 4.69) is 10.3 Å². The van der Waals surface area contributed by atoms with E-state index in [1.54, 1.807) is 12.1 Å². The Morgan fingerprint density at radius 2 is 2.00 bits per heavy atom. The minimum atomic E-state index is -3.70. The number of benzene rings is 1. The average Bonchev–Trinajstić information content (AvgIpc) is 2.85. The number of hydrogen-bond donors (Lipinski definition) is 2. The Bertz CT molecular complexity index is 724. The predicted molar refractivity (Wildman–Crippen MR) is 73.9 cm³/mol. The van der Waals surface area contributed by atoms with Gasteiger partial charge in [0.25, 0.3) is 0 Å². The number of hydrogen-bond acceptors (Lipinski definition) is 7. The zero-order valence-electron chi connectivity index (χ0n) is 10.0. The standard InChI is InChI=1S/C10H10N4O4S2/c11-20(17,18)8-3-1-7(2-4-8)5-12-10-13-6-9(19-10)14(15)16/h1-4,6H,5H2,(H,12,13)(H2,11,17,18). The molecule has 106 valence electrons. The first-order valence-electron chi connectivity index (χ1n) is 5.32. The van der Waals surface area contributed by atoms with Gasteiger partial charge in [-0.3, -0.25) is 10.1 Å². The molecule has 0 aliphatic heterocycles. The molecule has 0 saturated carbocycles. The number of nitrogens with two attached hydrogens (primary N) is 1. The van der Waals surface area contributed by atoms with Crippen molar-refractivity contribution < 1.29 is 13.3 Å². The highest BCUT2D eigenvalue weighted by Gasteiger charge is 2.11. The van der Waals surface area contributed by atoms with Crippen molar-refractivity contribution in [1.29, 1.82) is 0 Å². The number of nitrogens with one attached hydrogen (secondary N) is 1. The number of rotatable bonds is 5. The summed E-state index contributed by atoms with van der Waals surface area (Å²) in [6, 6.07) is 6.01. The van der Waals surface area contributed by atoms with E-state index >= 15 is 0 Å². The summed E-state index contributed by atoms with van der Waals surface area (Å²) in [4.78, 5) is 13.9. The lowest BCUT2D eigenvalue weighted by molar-refractivity contribution is -0.380. The normalized spacial score (nSPS) is 11.2. The summed E-state index contributed by atoms with van der Waals surface area (Å²) >= 11 is 0.930. The summed E-state index contributed by atoms with van der Waals surface area (Å²) in [6.45, 7) is 0.371. The van der Waals surface area contributed by atoms with E-state index in [1.807, 2.05) is 0 Å². The summed E-state index contributed by atoms with van der Waals surface area (Å²) in [7, 11) is -3.70. The molecule has 2 rings (SSSR count). The number of sulfonamides is 1. The van der Waals surface area contributed by atoms with Crippen molar-refractivity contribution in [2.45, 2.75) is 11.4 Å². The zero-order chi connectivity index (χ0) is 14.8. The molecule has 8 nitrogen and oxygen atoms in total. The van der Waals surface area contributed by atoms with Gasteiger partial charge in [0, 0.05) is 6.54 Å². The van der Waals surface area contributed by atoms with Crippen LogP contribution in [0.5, 0.6) is 0 Å². The van der Waals surface area contributed by atoms with Crippen LogP contribution < -0.4 is 10.5 Å². The molecule has 1 heterocycles. The molecule has 2 aromatic rings. The van der Waals surface area contributed by atoms with Crippen molar-refractivity contribution >= 4 is 31.5 Å². The number of nitro groups is 1. The Hall–Kier alpha value is -2.04. The van der Waals surface area contributed by atoms with E-state index in [-0.39, 0.29) is 9.90 Å². The Morgan fingerprint density at radius 1 is 1.35 bits per heavy atom. The van der Waals surface area contributed by atoms with Crippen LogP contribution in [0.1, 0.15) is 5.56 Å². The van der Waals surface area contributed by atoms with Gasteiger partial charge in [-0.2, -0.15) is 0 Å². The van der Waals surface area contributed by atoms with Gasteiger partial charge < -0.3 is 5.32 Å². The van der Waals surface area contributed by atoms with Crippen molar-refractivity contribution in [3.05, 3.63) is 46.1 Å². The molecule has 0 saturated heterocycles. The fourth-order valence-corrected chi connectivity index (χ4v) is 2.55. The van der Waals surface area contributed by atoms with E-state index in [4.69, 9.17) is 5.14 Å². The number of primary sulfonamides is 1. The third kappa shape index (κ3) is 3.50. The van der Waals surface area contributed by atoms with Gasteiger partial charge in [-0.05, 0) is 29.0 Å². The minimum Gasteiger partial charge on any atom is -0.357 e. The molecule has 0 aliphatic carbocycles. The monoisotopic (exact) mass is 314 g/mol. The summed E-state index contributed by atoms with van der Waals surface area (Å²) in [5.41, 5.74) is 0.801. The quantitative estimate of drug-likeness (QED) is 0.632. The first-order chi connectivity index (χ1) is 9.36. The summed E-state index contributed by atoms with van der Waals surface area (Å²) < 4.78 is 22.2. The predicted octanol–water partition coefficient (Wildman–Crippen LogP) is 1.31. The van der Waals surface area contributed by atoms with E-state index in [9.17, 15) is 18.5 Å². The van der Waals surface area contributed by atoms with E-state index < -0.39 is 14.9 Å². The van der Waals surface area contributed by atoms with Crippen molar-refractivity contribution in [3.8, 4) is 0 Å². The molecule has 0 aliphatic rings. The first-order valence-corrected chi connectivity index (χ1v) is 7.68. The van der Waals surface area contributed by atoms with Crippen molar-refractivity contribution in [1.82, 2.24) is 4.98 Å². The lowest BCUT2D eigenvalue weighted by Gasteiger charge is -2.03. The maximum absolute atomic E-state index is 11.1. The van der Waals surface area contributed by atoms with Crippen LogP contribution >= 0.6 is 11.3 Å². The molecular formula is C10H10N4O4S2. The highest BCUT2D eigenvalue weighted by atomic mass is 32.2. The molecule has 10 heteroatoms. The third-order valence-corrected chi connectivity index (χ3v) is 4.21. The van der Waals surface area contributed by atoms with E-state index in [1.165, 1.54) is 18.3 Å². The van der Waals surface area contributed by atoms with Crippen LogP contribution in [0.25, 0.3) is 0 Å². The lowest BCUT2D eigenvalue weighted by Crippen LogP contribution is -2.12. The summed E-state index contributed by atoms with van der Waals surface area (Å²) in [5, 5.41) is 18.8. The molecular weight excluding hydrogens is 304 g/mol. The second kappa shape index (κ2) is 5.53. The molecule has 3 N–H and O–H groups in total. The van der Waals surface area contributed by atoms with Crippen LogP contribution in [0, 0.1) is 10.1 Å². The molecule has 20 heavy (non-hydrogen) atoms.